The van der Waals surface area contributed by atoms with E-state index >= 15 is 0 Å². The molecule has 0 unspecified atom stereocenters. The molecule has 4 N–H and O–H groups in total. The van der Waals surface area contributed by atoms with E-state index < -0.39 is 12.1 Å². The fourth-order valence-corrected chi connectivity index (χ4v) is 0.144. The van der Waals surface area contributed by atoms with Gasteiger partial charge in [0, 0.05) is 6.54 Å². The van der Waals surface area contributed by atoms with Crippen LogP contribution in [0.25, 0.3) is 0 Å². The van der Waals surface area contributed by atoms with E-state index in [0.717, 1.165) is 13.0 Å². The Morgan fingerprint density at radius 3 is 1.92 bits per heavy atom. The van der Waals surface area contributed by atoms with E-state index in [1.54, 1.807) is 0 Å². The lowest BCUT2D eigenvalue weighted by Crippen LogP contribution is -2.21. The van der Waals surface area contributed by atoms with Crippen molar-refractivity contribution in [2.75, 3.05) is 6.54 Å². The van der Waals surface area contributed by atoms with Crippen LogP contribution >= 0.6 is 0 Å². The van der Waals surface area contributed by atoms with E-state index in [9.17, 15) is 13.2 Å². The van der Waals surface area contributed by atoms with Gasteiger partial charge in [0.25, 0.3) is 0 Å². The highest BCUT2D eigenvalue weighted by molar-refractivity contribution is 5.73. The number of nitrogens with one attached hydrogen (secondary N) is 1. The van der Waals surface area contributed by atoms with Crippen LogP contribution in [-0.2, 0) is 4.79 Å². The predicted molar refractivity (Wildman–Crippen MR) is 36.2 cm³/mol. The topological polar surface area (TPSA) is 75.3 Å². The molecule has 74 valence electrons. The Kier molecular flexibility index (Phi) is 7.86. The van der Waals surface area contributed by atoms with Gasteiger partial charge in [0.2, 0.25) is 0 Å². The SMILES string of the molecule is CCCNN.O=C(O)C(F)(F)F. The summed E-state index contributed by atoms with van der Waals surface area (Å²) in [7, 11) is 0. The van der Waals surface area contributed by atoms with Crippen molar-refractivity contribution in [1.29, 1.82) is 0 Å². The molecule has 7 heteroatoms. The van der Waals surface area contributed by atoms with Crippen LogP contribution in [0.15, 0.2) is 0 Å². The zero-order valence-corrected chi connectivity index (χ0v) is 6.48. The number of hydrogen-bond donors (Lipinski definition) is 3. The van der Waals surface area contributed by atoms with Crippen molar-refractivity contribution in [3.63, 3.8) is 0 Å². The molecule has 0 aromatic carbocycles. The minimum Gasteiger partial charge on any atom is -0.475 e. The molecule has 0 radical (unpaired) electrons. The molecule has 0 fully saturated rings. The van der Waals surface area contributed by atoms with Crippen molar-refractivity contribution in [1.82, 2.24) is 5.43 Å². The van der Waals surface area contributed by atoms with E-state index in [-0.39, 0.29) is 0 Å². The molecule has 0 aromatic rings. The first-order chi connectivity index (χ1) is 5.36. The van der Waals surface area contributed by atoms with Crippen molar-refractivity contribution >= 4 is 5.97 Å². The first kappa shape index (κ1) is 13.7. The van der Waals surface area contributed by atoms with Gasteiger partial charge < -0.3 is 5.11 Å². The molecular weight excluding hydrogens is 177 g/mol. The Balaban J connectivity index is 0. The van der Waals surface area contributed by atoms with Crippen molar-refractivity contribution in [3.05, 3.63) is 0 Å². The van der Waals surface area contributed by atoms with Crippen LogP contribution < -0.4 is 11.3 Å². The number of alkyl halides is 3. The molecule has 0 aromatic heterocycles. The largest absolute Gasteiger partial charge is 0.490 e. The number of hydrazine groups is 1. The molecule has 0 aliphatic heterocycles. The lowest BCUT2D eigenvalue weighted by molar-refractivity contribution is -0.192. The third-order valence-corrected chi connectivity index (χ3v) is 0.637. The van der Waals surface area contributed by atoms with E-state index in [1.165, 1.54) is 0 Å². The highest BCUT2D eigenvalue weighted by Gasteiger charge is 2.38. The van der Waals surface area contributed by atoms with Crippen LogP contribution in [0.1, 0.15) is 13.3 Å². The first-order valence-corrected chi connectivity index (χ1v) is 3.09. The quantitative estimate of drug-likeness (QED) is 0.435. The van der Waals surface area contributed by atoms with Gasteiger partial charge in [0.1, 0.15) is 0 Å². The molecule has 12 heavy (non-hydrogen) atoms. The second-order valence-electron chi connectivity index (χ2n) is 1.76. The summed E-state index contributed by atoms with van der Waals surface area (Å²) >= 11 is 0. The highest BCUT2D eigenvalue weighted by Crippen LogP contribution is 2.13. The number of carboxylic acid groups (broad SMARTS) is 1. The monoisotopic (exact) mass is 188 g/mol. The average Bonchev–Trinajstić information content (AvgIpc) is 1.88. The lowest BCUT2D eigenvalue weighted by Gasteiger charge is -1.93. The average molecular weight is 188 g/mol. The Bertz CT molecular complexity index is 124. The van der Waals surface area contributed by atoms with Crippen molar-refractivity contribution in [3.8, 4) is 0 Å². The van der Waals surface area contributed by atoms with Gasteiger partial charge in [0.15, 0.2) is 0 Å². The summed E-state index contributed by atoms with van der Waals surface area (Å²) in [6.45, 7) is 2.99. The first-order valence-electron chi connectivity index (χ1n) is 3.09. The van der Waals surface area contributed by atoms with Crippen LogP contribution in [0.2, 0.25) is 0 Å². The molecule has 0 amide bonds. The van der Waals surface area contributed by atoms with Gasteiger partial charge in [-0.05, 0) is 6.42 Å². The summed E-state index contributed by atoms with van der Waals surface area (Å²) in [5, 5.41) is 7.12. The summed E-state index contributed by atoms with van der Waals surface area (Å²) < 4.78 is 31.7. The number of hydrogen-bond acceptors (Lipinski definition) is 3. The molecule has 0 bridgehead atoms. The van der Waals surface area contributed by atoms with Gasteiger partial charge in [-0.2, -0.15) is 13.2 Å². The Labute approximate surface area is 67.5 Å². The van der Waals surface area contributed by atoms with Crippen molar-refractivity contribution in [2.24, 2.45) is 5.84 Å². The van der Waals surface area contributed by atoms with E-state index in [2.05, 4.69) is 12.3 Å². The van der Waals surface area contributed by atoms with E-state index in [0.29, 0.717) is 0 Å². The molecular formula is C5H11F3N2O2. The molecule has 0 rings (SSSR count). The maximum atomic E-state index is 10.6. The summed E-state index contributed by atoms with van der Waals surface area (Å²) in [4.78, 5) is 8.90. The van der Waals surface area contributed by atoms with Gasteiger partial charge in [-0.1, -0.05) is 6.92 Å². The zero-order chi connectivity index (χ0) is 10.2. The van der Waals surface area contributed by atoms with Gasteiger partial charge in [-0.15, -0.1) is 0 Å². The third-order valence-electron chi connectivity index (χ3n) is 0.637. The van der Waals surface area contributed by atoms with Crippen LogP contribution in [0.5, 0.6) is 0 Å². The van der Waals surface area contributed by atoms with Gasteiger partial charge >= 0.3 is 12.1 Å². The second kappa shape index (κ2) is 6.86. The predicted octanol–water partition coefficient (Wildman–Crippen LogP) is 0.493. The molecule has 0 spiro atoms. The van der Waals surface area contributed by atoms with Crippen LogP contribution in [0.3, 0.4) is 0 Å². The maximum Gasteiger partial charge on any atom is 0.490 e. The zero-order valence-electron chi connectivity index (χ0n) is 6.48. The number of carboxylic acids is 1. The molecule has 4 nitrogen and oxygen atoms in total. The van der Waals surface area contributed by atoms with Crippen LogP contribution in [0.4, 0.5) is 13.2 Å². The number of nitrogens with two attached hydrogens (primary N) is 1. The van der Waals surface area contributed by atoms with E-state index in [1.807, 2.05) is 0 Å². The smallest absolute Gasteiger partial charge is 0.475 e. The van der Waals surface area contributed by atoms with Gasteiger partial charge in [-0.25, -0.2) is 4.79 Å². The number of halogens is 3. The fraction of sp³-hybridized carbons (Fsp3) is 0.800. The Morgan fingerprint density at radius 2 is 1.92 bits per heavy atom. The normalized spacial score (nSPS) is 10.1. The van der Waals surface area contributed by atoms with Crippen molar-refractivity contribution < 1.29 is 23.1 Å². The van der Waals surface area contributed by atoms with Crippen molar-refractivity contribution in [2.45, 2.75) is 19.5 Å². The minimum absolute atomic E-state index is 0.917. The summed E-state index contributed by atoms with van der Waals surface area (Å²) in [6.07, 6.45) is -3.98. The Morgan fingerprint density at radius 1 is 1.58 bits per heavy atom. The lowest BCUT2D eigenvalue weighted by atomic mass is 10.5. The third kappa shape index (κ3) is 11.9. The minimum atomic E-state index is -5.08. The molecule has 0 heterocycles. The van der Waals surface area contributed by atoms with E-state index in [4.69, 9.17) is 15.7 Å². The van der Waals surface area contributed by atoms with Gasteiger partial charge in [0.05, 0.1) is 0 Å². The molecule has 0 aliphatic carbocycles. The highest BCUT2D eigenvalue weighted by atomic mass is 19.4. The Hall–Kier alpha value is -0.820. The van der Waals surface area contributed by atoms with Crippen LogP contribution in [0, 0.1) is 0 Å². The molecule has 0 saturated heterocycles. The molecule has 0 aliphatic rings. The fourth-order valence-electron chi connectivity index (χ4n) is 0.144. The van der Waals surface area contributed by atoms with Gasteiger partial charge in [-0.3, -0.25) is 11.3 Å². The maximum absolute atomic E-state index is 10.6. The second-order valence-corrected chi connectivity index (χ2v) is 1.76. The molecule has 0 atom stereocenters. The number of aliphatic carboxylic acids is 1. The standard InChI is InChI=1S/C3H10N2.C2HF3O2/c1-2-3-5-4;3-2(4,5)1(6)7/h5H,2-4H2,1H3;(H,6,7). The summed E-state index contributed by atoms with van der Waals surface area (Å²) in [6, 6.07) is 0. The number of carbonyl (C=O) groups is 1. The summed E-state index contributed by atoms with van der Waals surface area (Å²) in [5.41, 5.74) is 2.52. The number of rotatable bonds is 2. The summed E-state index contributed by atoms with van der Waals surface area (Å²) in [5.74, 6) is 2.13. The molecule has 0 saturated carbocycles. The van der Waals surface area contributed by atoms with Crippen LogP contribution in [-0.4, -0.2) is 23.8 Å².